The van der Waals surface area contributed by atoms with Gasteiger partial charge in [0.05, 0.1) is 12.7 Å². The van der Waals surface area contributed by atoms with Crippen LogP contribution in [0.1, 0.15) is 26.7 Å². The highest BCUT2D eigenvalue weighted by molar-refractivity contribution is 5.85. The Balaban J connectivity index is 2.40. The summed E-state index contributed by atoms with van der Waals surface area (Å²) in [7, 11) is 2.00. The Bertz CT molecular complexity index is 351. The summed E-state index contributed by atoms with van der Waals surface area (Å²) in [4.78, 5) is 25.2. The molecule has 2 amide bonds. The number of rotatable bonds is 6. The molecule has 1 aliphatic rings. The van der Waals surface area contributed by atoms with E-state index in [4.69, 9.17) is 4.74 Å². The zero-order valence-electron chi connectivity index (χ0n) is 12.4. The Kier molecular flexibility index (Phi) is 6.22. The molecule has 0 spiro atoms. The third-order valence-electron chi connectivity index (χ3n) is 3.44. The maximum Gasteiger partial charge on any atom is 0.329 e. The van der Waals surface area contributed by atoms with Gasteiger partial charge in [-0.3, -0.25) is 0 Å². The van der Waals surface area contributed by atoms with E-state index in [1.165, 1.54) is 6.92 Å². The van der Waals surface area contributed by atoms with Gasteiger partial charge in [-0.25, -0.2) is 9.59 Å². The van der Waals surface area contributed by atoms with Gasteiger partial charge < -0.3 is 25.4 Å². The molecule has 1 fully saturated rings. The molecule has 1 heterocycles. The minimum Gasteiger partial charge on any atom is -0.480 e. The van der Waals surface area contributed by atoms with Gasteiger partial charge in [0.15, 0.2) is 0 Å². The first-order chi connectivity index (χ1) is 9.37. The number of hydrogen-bond acceptors (Lipinski definition) is 4. The zero-order chi connectivity index (χ0) is 15.2. The lowest BCUT2D eigenvalue weighted by atomic mass is 9.97. The van der Waals surface area contributed by atoms with Crippen LogP contribution in [0, 0.1) is 0 Å². The second kappa shape index (κ2) is 7.44. The van der Waals surface area contributed by atoms with Crippen molar-refractivity contribution in [1.29, 1.82) is 0 Å². The Labute approximate surface area is 119 Å². The van der Waals surface area contributed by atoms with Crippen LogP contribution in [0.3, 0.4) is 0 Å². The molecule has 2 atom stereocenters. The average Bonchev–Trinajstić information content (AvgIpc) is 2.36. The fourth-order valence-corrected chi connectivity index (χ4v) is 2.21. The number of urea groups is 1. The molecule has 1 rings (SSSR count). The molecule has 0 saturated carbocycles. The molecule has 3 N–H and O–H groups in total. The first-order valence-corrected chi connectivity index (χ1v) is 6.97. The molecule has 0 bridgehead atoms. The summed E-state index contributed by atoms with van der Waals surface area (Å²) in [6.45, 7) is 6.06. The molecular weight excluding hydrogens is 262 g/mol. The number of likely N-dealkylation sites (N-methyl/N-ethyl adjacent to an activating group) is 1. The van der Waals surface area contributed by atoms with E-state index in [1.54, 1.807) is 0 Å². The molecule has 20 heavy (non-hydrogen) atoms. The topological polar surface area (TPSA) is 90.9 Å². The average molecular weight is 287 g/mol. The van der Waals surface area contributed by atoms with Crippen molar-refractivity contribution in [2.45, 2.75) is 38.3 Å². The maximum atomic E-state index is 11.8. The summed E-state index contributed by atoms with van der Waals surface area (Å²) in [5.41, 5.74) is -1.23. The van der Waals surface area contributed by atoms with E-state index in [9.17, 15) is 14.7 Å². The molecular formula is C13H25N3O4. The van der Waals surface area contributed by atoms with Crippen LogP contribution in [-0.2, 0) is 9.53 Å². The SMILES string of the molecule is CCCC(C)(NC(=O)NCC1CN(C)CCO1)C(=O)O. The minimum atomic E-state index is -1.23. The Morgan fingerprint density at radius 2 is 2.20 bits per heavy atom. The lowest BCUT2D eigenvalue weighted by Crippen LogP contribution is -2.56. The van der Waals surface area contributed by atoms with Crippen molar-refractivity contribution >= 4 is 12.0 Å². The summed E-state index contributed by atoms with van der Waals surface area (Å²) >= 11 is 0. The summed E-state index contributed by atoms with van der Waals surface area (Å²) in [5.74, 6) is -1.02. The van der Waals surface area contributed by atoms with Crippen LogP contribution in [0.5, 0.6) is 0 Å². The Morgan fingerprint density at radius 1 is 1.50 bits per heavy atom. The molecule has 0 aromatic rings. The minimum absolute atomic E-state index is 0.0539. The lowest BCUT2D eigenvalue weighted by Gasteiger charge is -2.31. The van der Waals surface area contributed by atoms with Crippen LogP contribution in [0.2, 0.25) is 0 Å². The normalized spacial score (nSPS) is 22.9. The van der Waals surface area contributed by atoms with Gasteiger partial charge in [-0.2, -0.15) is 0 Å². The quantitative estimate of drug-likeness (QED) is 0.652. The maximum absolute atomic E-state index is 11.8. The first-order valence-electron chi connectivity index (χ1n) is 6.97. The summed E-state index contributed by atoms with van der Waals surface area (Å²) in [6.07, 6.45) is 1.01. The van der Waals surface area contributed by atoms with E-state index >= 15 is 0 Å². The number of amides is 2. The van der Waals surface area contributed by atoms with Crippen LogP contribution >= 0.6 is 0 Å². The smallest absolute Gasteiger partial charge is 0.329 e. The van der Waals surface area contributed by atoms with E-state index in [0.717, 1.165) is 13.1 Å². The van der Waals surface area contributed by atoms with E-state index in [0.29, 0.717) is 26.0 Å². The Morgan fingerprint density at radius 3 is 2.75 bits per heavy atom. The number of ether oxygens (including phenoxy) is 1. The molecule has 116 valence electrons. The number of carbonyl (C=O) groups is 2. The number of aliphatic carboxylic acids is 1. The summed E-state index contributed by atoms with van der Waals surface area (Å²) < 4.78 is 5.52. The van der Waals surface area contributed by atoms with Crippen LogP contribution in [0.25, 0.3) is 0 Å². The van der Waals surface area contributed by atoms with Crippen molar-refractivity contribution in [3.05, 3.63) is 0 Å². The van der Waals surface area contributed by atoms with Gasteiger partial charge in [-0.1, -0.05) is 13.3 Å². The first kappa shape index (κ1) is 16.7. The van der Waals surface area contributed by atoms with Crippen molar-refractivity contribution in [1.82, 2.24) is 15.5 Å². The zero-order valence-corrected chi connectivity index (χ0v) is 12.4. The van der Waals surface area contributed by atoms with Crippen LogP contribution < -0.4 is 10.6 Å². The van der Waals surface area contributed by atoms with Crippen molar-refractivity contribution in [3.63, 3.8) is 0 Å². The largest absolute Gasteiger partial charge is 0.480 e. The molecule has 1 aliphatic heterocycles. The van der Waals surface area contributed by atoms with Gasteiger partial charge in [-0.15, -0.1) is 0 Å². The second-order valence-corrected chi connectivity index (χ2v) is 5.48. The highest BCUT2D eigenvalue weighted by Crippen LogP contribution is 2.12. The van der Waals surface area contributed by atoms with Gasteiger partial charge in [0.25, 0.3) is 0 Å². The molecule has 7 nitrogen and oxygen atoms in total. The Hall–Kier alpha value is -1.34. The molecule has 0 aromatic heterocycles. The van der Waals surface area contributed by atoms with Gasteiger partial charge in [0.1, 0.15) is 5.54 Å². The summed E-state index contributed by atoms with van der Waals surface area (Å²) in [5, 5.41) is 14.4. The third kappa shape index (κ3) is 4.97. The highest BCUT2D eigenvalue weighted by Gasteiger charge is 2.33. The second-order valence-electron chi connectivity index (χ2n) is 5.48. The highest BCUT2D eigenvalue weighted by atomic mass is 16.5. The summed E-state index contributed by atoms with van der Waals surface area (Å²) in [6, 6.07) is -0.472. The molecule has 0 aromatic carbocycles. The van der Waals surface area contributed by atoms with E-state index < -0.39 is 17.5 Å². The molecule has 0 aliphatic carbocycles. The number of hydrogen-bond donors (Lipinski definition) is 3. The number of carboxylic acid groups (broad SMARTS) is 1. The van der Waals surface area contributed by atoms with Gasteiger partial charge in [0, 0.05) is 19.6 Å². The van der Waals surface area contributed by atoms with Crippen LogP contribution in [-0.4, -0.2) is 66.9 Å². The monoisotopic (exact) mass is 287 g/mol. The lowest BCUT2D eigenvalue weighted by molar-refractivity contribution is -0.144. The van der Waals surface area contributed by atoms with E-state index in [-0.39, 0.29) is 6.10 Å². The van der Waals surface area contributed by atoms with E-state index in [1.807, 2.05) is 14.0 Å². The molecule has 1 saturated heterocycles. The van der Waals surface area contributed by atoms with Gasteiger partial charge in [-0.05, 0) is 20.4 Å². The van der Waals surface area contributed by atoms with Crippen molar-refractivity contribution in [2.75, 3.05) is 33.3 Å². The molecule has 7 heteroatoms. The van der Waals surface area contributed by atoms with E-state index in [2.05, 4.69) is 15.5 Å². The fourth-order valence-electron chi connectivity index (χ4n) is 2.21. The molecule has 2 unspecified atom stereocenters. The van der Waals surface area contributed by atoms with Crippen molar-refractivity contribution in [3.8, 4) is 0 Å². The standard InChI is InChI=1S/C13H25N3O4/c1-4-5-13(2,11(17)18)15-12(19)14-8-10-9-16(3)6-7-20-10/h10H,4-9H2,1-3H3,(H,17,18)(H2,14,15,19). The number of nitrogens with zero attached hydrogens (tertiary/aromatic N) is 1. The fraction of sp³-hybridized carbons (Fsp3) is 0.846. The van der Waals surface area contributed by atoms with Crippen LogP contribution in [0.15, 0.2) is 0 Å². The number of morpholine rings is 1. The van der Waals surface area contributed by atoms with Crippen LogP contribution in [0.4, 0.5) is 4.79 Å². The number of carbonyl (C=O) groups excluding carboxylic acids is 1. The number of carboxylic acids is 1. The predicted molar refractivity (Wildman–Crippen MR) is 74.7 cm³/mol. The van der Waals surface area contributed by atoms with Crippen molar-refractivity contribution < 1.29 is 19.4 Å². The van der Waals surface area contributed by atoms with Crippen molar-refractivity contribution in [2.24, 2.45) is 0 Å². The van der Waals surface area contributed by atoms with Gasteiger partial charge in [0.2, 0.25) is 0 Å². The third-order valence-corrected chi connectivity index (χ3v) is 3.44. The predicted octanol–water partition coefficient (Wildman–Crippen LogP) is 0.260. The number of nitrogens with one attached hydrogen (secondary N) is 2. The van der Waals surface area contributed by atoms with Gasteiger partial charge >= 0.3 is 12.0 Å². The molecule has 0 radical (unpaired) electrons.